The molecule has 378 valence electrons. The largest absolute Gasteiger partial charge is 0.497 e. The van der Waals surface area contributed by atoms with Crippen LogP contribution < -0.4 is 28.4 Å². The topological polar surface area (TPSA) is 95.8 Å². The Kier molecular flexibility index (Phi) is 13.8. The minimum atomic E-state index is -0.859. The van der Waals surface area contributed by atoms with Crippen molar-refractivity contribution >= 4 is 43.1 Å². The van der Waals surface area contributed by atoms with Gasteiger partial charge in [-0.3, -0.25) is 0 Å². The van der Waals surface area contributed by atoms with Crippen molar-refractivity contribution in [2.45, 2.75) is 12.3 Å². The van der Waals surface area contributed by atoms with Gasteiger partial charge < -0.3 is 38.6 Å². The van der Waals surface area contributed by atoms with Gasteiger partial charge in [-0.1, -0.05) is 103 Å². The van der Waals surface area contributed by atoms with Crippen LogP contribution in [0.15, 0.2) is 200 Å². The van der Waals surface area contributed by atoms with E-state index in [0.29, 0.717) is 11.5 Å². The standard InChI is InChI=1S/C68H58O8/c1-68(55-9-7-6-8-10-55,56-39-62(51-15-11-47-35-58(71-2)23-19-43(47)31-51)66(75-29-27-69)63(40-56)52-16-12-48-36-59(72-3)24-20-44(48)32-52)57-41-64(53-17-13-49-37-60(73-4)25-21-45(49)33-53)67(76-30-28-70)65(42-57)54-18-14-50-38-61(74-5)26-22-46(50)34-54/h6-26,31-42,69-70H,27-30H2,1-5H3. The number of methoxy groups -OCH3 is 4. The van der Waals surface area contributed by atoms with Gasteiger partial charge in [0.15, 0.2) is 0 Å². The first kappa shape index (κ1) is 49.4. The van der Waals surface area contributed by atoms with E-state index in [-0.39, 0.29) is 26.4 Å². The molecule has 0 aromatic heterocycles. The average molecular weight is 1000 g/mol. The molecular weight excluding hydrogens is 945 g/mol. The maximum Gasteiger partial charge on any atom is 0.135 e. The molecule has 0 aliphatic rings. The Morgan fingerprint density at radius 1 is 0.316 bits per heavy atom. The lowest BCUT2D eigenvalue weighted by atomic mass is 9.68. The van der Waals surface area contributed by atoms with E-state index in [0.717, 1.165) is 127 Å². The highest BCUT2D eigenvalue weighted by atomic mass is 16.5. The smallest absolute Gasteiger partial charge is 0.135 e. The molecule has 0 bridgehead atoms. The zero-order valence-corrected chi connectivity index (χ0v) is 43.2. The second-order valence-electron chi connectivity index (χ2n) is 19.1. The van der Waals surface area contributed by atoms with Crippen molar-refractivity contribution < 1.29 is 38.6 Å². The van der Waals surface area contributed by atoms with E-state index in [1.807, 2.05) is 48.5 Å². The number of benzene rings is 11. The number of aliphatic hydroxyl groups excluding tert-OH is 2. The Morgan fingerprint density at radius 2 is 0.592 bits per heavy atom. The fourth-order valence-electron chi connectivity index (χ4n) is 10.6. The summed E-state index contributed by atoms with van der Waals surface area (Å²) in [7, 11) is 6.73. The third kappa shape index (κ3) is 9.38. The van der Waals surface area contributed by atoms with Crippen molar-refractivity contribution in [1.82, 2.24) is 0 Å². The quantitative estimate of drug-likeness (QED) is 0.0871. The summed E-state index contributed by atoms with van der Waals surface area (Å²) in [5, 5.41) is 29.2. The fourth-order valence-corrected chi connectivity index (χ4v) is 10.6. The Hall–Kier alpha value is -8.82. The summed E-state index contributed by atoms with van der Waals surface area (Å²) in [5.74, 6) is 4.44. The van der Waals surface area contributed by atoms with Gasteiger partial charge in [-0.15, -0.1) is 0 Å². The van der Waals surface area contributed by atoms with Gasteiger partial charge in [0.1, 0.15) is 47.7 Å². The van der Waals surface area contributed by atoms with E-state index >= 15 is 0 Å². The molecule has 0 radical (unpaired) electrons. The van der Waals surface area contributed by atoms with Gasteiger partial charge in [-0.25, -0.2) is 0 Å². The fraction of sp³-hybridized carbons (Fsp3) is 0.147. The van der Waals surface area contributed by atoms with Gasteiger partial charge in [0.25, 0.3) is 0 Å². The van der Waals surface area contributed by atoms with Crippen LogP contribution in [0.25, 0.3) is 87.6 Å². The van der Waals surface area contributed by atoms with Crippen LogP contribution >= 0.6 is 0 Å². The molecule has 11 rings (SSSR count). The van der Waals surface area contributed by atoms with Crippen LogP contribution in [0.2, 0.25) is 0 Å². The molecule has 0 unspecified atom stereocenters. The number of hydrogen-bond acceptors (Lipinski definition) is 8. The molecule has 11 aromatic rings. The molecular formula is C68H58O8. The summed E-state index contributed by atoms with van der Waals surface area (Å²) in [6.45, 7) is 2.14. The molecule has 0 saturated heterocycles. The van der Waals surface area contributed by atoms with Crippen LogP contribution in [0.3, 0.4) is 0 Å². The Bertz CT molecular complexity index is 3490. The van der Waals surface area contributed by atoms with Crippen molar-refractivity contribution in [3.05, 3.63) is 217 Å². The second kappa shape index (κ2) is 21.2. The molecule has 0 atom stereocenters. The van der Waals surface area contributed by atoms with Crippen LogP contribution in [0.4, 0.5) is 0 Å². The maximum absolute atomic E-state index is 10.4. The molecule has 76 heavy (non-hydrogen) atoms. The SMILES string of the molecule is COc1ccc2cc(-c3cc(C(C)(c4ccccc4)c4cc(-c5ccc6cc(OC)ccc6c5)c(OCCO)c(-c5ccc6cc(OC)ccc6c5)c4)cc(-c4ccc5cc(OC)ccc5c4)c3OCCO)ccc2c1. The summed E-state index contributed by atoms with van der Waals surface area (Å²) in [6, 6.07) is 70.0. The number of hydrogen-bond donors (Lipinski definition) is 2. The Balaban J connectivity index is 1.24. The molecule has 0 amide bonds. The van der Waals surface area contributed by atoms with Gasteiger partial charge in [0.2, 0.25) is 0 Å². The second-order valence-corrected chi connectivity index (χ2v) is 19.1. The van der Waals surface area contributed by atoms with Gasteiger partial charge >= 0.3 is 0 Å². The number of fused-ring (bicyclic) bond motifs is 4. The van der Waals surface area contributed by atoms with Gasteiger partial charge in [0.05, 0.1) is 41.7 Å². The van der Waals surface area contributed by atoms with Crippen molar-refractivity contribution in [2.24, 2.45) is 0 Å². The van der Waals surface area contributed by atoms with Crippen LogP contribution in [-0.2, 0) is 5.41 Å². The summed E-state index contributed by atoms with van der Waals surface area (Å²) >= 11 is 0. The minimum absolute atomic E-state index is 0.0873. The maximum atomic E-state index is 10.4. The minimum Gasteiger partial charge on any atom is -0.497 e. The lowest BCUT2D eigenvalue weighted by molar-refractivity contribution is 0.202. The van der Waals surface area contributed by atoms with Crippen LogP contribution in [0, 0.1) is 0 Å². The highest BCUT2D eigenvalue weighted by molar-refractivity contribution is 5.97. The molecule has 0 fully saturated rings. The van der Waals surface area contributed by atoms with E-state index in [2.05, 4.69) is 159 Å². The van der Waals surface area contributed by atoms with Crippen LogP contribution in [-0.4, -0.2) is 65.1 Å². The van der Waals surface area contributed by atoms with Crippen molar-refractivity contribution in [1.29, 1.82) is 0 Å². The summed E-state index contributed by atoms with van der Waals surface area (Å²) in [5.41, 5.74) is 9.48. The first-order valence-corrected chi connectivity index (χ1v) is 25.4. The van der Waals surface area contributed by atoms with Crippen LogP contribution in [0.5, 0.6) is 34.5 Å². The van der Waals surface area contributed by atoms with Crippen molar-refractivity contribution in [3.8, 4) is 79.0 Å². The van der Waals surface area contributed by atoms with E-state index < -0.39 is 5.41 Å². The number of ether oxygens (including phenoxy) is 6. The predicted molar refractivity (Wildman–Crippen MR) is 308 cm³/mol. The average Bonchev–Trinajstić information content (AvgIpc) is 3.50. The summed E-state index contributed by atoms with van der Waals surface area (Å²) in [6.07, 6.45) is 0. The normalized spacial score (nSPS) is 11.6. The first-order valence-electron chi connectivity index (χ1n) is 25.4. The number of rotatable bonds is 17. The van der Waals surface area contributed by atoms with Crippen LogP contribution in [0.1, 0.15) is 23.6 Å². The lowest BCUT2D eigenvalue weighted by Gasteiger charge is -2.35. The van der Waals surface area contributed by atoms with E-state index in [4.69, 9.17) is 28.4 Å². The zero-order valence-electron chi connectivity index (χ0n) is 43.2. The molecule has 11 aromatic carbocycles. The molecule has 8 heteroatoms. The molecule has 0 heterocycles. The third-order valence-electron chi connectivity index (χ3n) is 14.8. The number of aliphatic hydroxyl groups is 2. The van der Waals surface area contributed by atoms with E-state index in [1.54, 1.807) is 28.4 Å². The Morgan fingerprint density at radius 3 is 0.868 bits per heavy atom. The molecule has 0 spiro atoms. The molecule has 0 saturated carbocycles. The van der Waals surface area contributed by atoms with Crippen molar-refractivity contribution in [3.63, 3.8) is 0 Å². The Labute approximate surface area is 442 Å². The van der Waals surface area contributed by atoms with Gasteiger partial charge in [-0.2, -0.15) is 0 Å². The molecule has 8 nitrogen and oxygen atoms in total. The predicted octanol–water partition coefficient (Wildman–Crippen LogP) is 15.1. The molecule has 0 aliphatic heterocycles. The summed E-state index contributed by atoms with van der Waals surface area (Å²) in [4.78, 5) is 0. The highest BCUT2D eigenvalue weighted by Crippen LogP contribution is 2.51. The van der Waals surface area contributed by atoms with Gasteiger partial charge in [-0.05, 0) is 186 Å². The first-order chi connectivity index (χ1) is 37.2. The van der Waals surface area contributed by atoms with E-state index in [9.17, 15) is 10.2 Å². The third-order valence-corrected chi connectivity index (χ3v) is 14.8. The van der Waals surface area contributed by atoms with E-state index in [1.165, 1.54) is 0 Å². The molecule has 2 N–H and O–H groups in total. The highest BCUT2D eigenvalue weighted by Gasteiger charge is 2.35. The zero-order chi connectivity index (χ0) is 52.3. The lowest BCUT2D eigenvalue weighted by Crippen LogP contribution is -2.26. The monoisotopic (exact) mass is 1000 g/mol. The van der Waals surface area contributed by atoms with Gasteiger partial charge in [0, 0.05) is 27.7 Å². The van der Waals surface area contributed by atoms with Crippen molar-refractivity contribution in [2.75, 3.05) is 54.9 Å². The molecule has 0 aliphatic carbocycles. The summed E-state index contributed by atoms with van der Waals surface area (Å²) < 4.78 is 36.0.